The van der Waals surface area contributed by atoms with Crippen molar-refractivity contribution in [1.82, 2.24) is 24.9 Å². The van der Waals surface area contributed by atoms with Crippen LogP contribution < -0.4 is 5.32 Å². The SMILES string of the molecule is CNCC(=O)N1CCC(N2CCCC(C(=O)N3CCN(C)CC3)C2)CC1.Cl.Cl. The quantitative estimate of drug-likeness (QED) is 0.694. The molecule has 9 heteroatoms. The van der Waals surface area contributed by atoms with Gasteiger partial charge >= 0.3 is 0 Å². The van der Waals surface area contributed by atoms with E-state index in [0.717, 1.165) is 78.0 Å². The Labute approximate surface area is 182 Å². The largest absolute Gasteiger partial charge is 0.341 e. The first-order valence-electron chi connectivity index (χ1n) is 10.2. The standard InChI is InChI=1S/C19H35N5O2.2ClH/c1-20-14-18(25)22-8-5-17(6-9-22)24-7-3-4-16(15-24)19(26)23-12-10-21(2)11-13-23;;/h16-17,20H,3-15H2,1-2H3;2*1H. The van der Waals surface area contributed by atoms with Gasteiger partial charge in [-0.25, -0.2) is 0 Å². The van der Waals surface area contributed by atoms with E-state index in [2.05, 4.69) is 27.1 Å². The fraction of sp³-hybridized carbons (Fsp3) is 0.895. The lowest BCUT2D eigenvalue weighted by Crippen LogP contribution is -2.54. The zero-order valence-corrected chi connectivity index (χ0v) is 18.9. The van der Waals surface area contributed by atoms with Gasteiger partial charge in [-0.05, 0) is 46.3 Å². The summed E-state index contributed by atoms with van der Waals surface area (Å²) >= 11 is 0. The highest BCUT2D eigenvalue weighted by Crippen LogP contribution is 2.25. The number of piperidine rings is 2. The van der Waals surface area contributed by atoms with E-state index in [9.17, 15) is 9.59 Å². The van der Waals surface area contributed by atoms with Gasteiger partial charge in [-0.2, -0.15) is 0 Å². The second-order valence-electron chi connectivity index (χ2n) is 8.10. The summed E-state index contributed by atoms with van der Waals surface area (Å²) in [6.45, 7) is 7.84. The van der Waals surface area contributed by atoms with Gasteiger partial charge in [0.15, 0.2) is 0 Å². The molecule has 1 atom stereocenters. The van der Waals surface area contributed by atoms with Crippen molar-refractivity contribution in [2.24, 2.45) is 5.92 Å². The number of piperazine rings is 1. The predicted molar refractivity (Wildman–Crippen MR) is 116 cm³/mol. The molecule has 0 bridgehead atoms. The second-order valence-corrected chi connectivity index (χ2v) is 8.10. The summed E-state index contributed by atoms with van der Waals surface area (Å²) in [6, 6.07) is 0.525. The minimum atomic E-state index is 0. The Balaban J connectivity index is 0.00000196. The molecular formula is C19H37Cl2N5O2. The highest BCUT2D eigenvalue weighted by molar-refractivity contribution is 5.85. The monoisotopic (exact) mass is 437 g/mol. The molecule has 2 amide bonds. The Morgan fingerprint density at radius 2 is 1.54 bits per heavy atom. The van der Waals surface area contributed by atoms with Crippen LogP contribution in [0.5, 0.6) is 0 Å². The summed E-state index contributed by atoms with van der Waals surface area (Å²) in [5.74, 6) is 0.730. The van der Waals surface area contributed by atoms with Gasteiger partial charge in [-0.3, -0.25) is 14.5 Å². The lowest BCUT2D eigenvalue weighted by atomic mass is 9.92. The fourth-order valence-electron chi connectivity index (χ4n) is 4.57. The third-order valence-corrected chi connectivity index (χ3v) is 6.28. The number of amides is 2. The van der Waals surface area contributed by atoms with E-state index < -0.39 is 0 Å². The fourth-order valence-corrected chi connectivity index (χ4v) is 4.57. The Morgan fingerprint density at radius 3 is 2.14 bits per heavy atom. The van der Waals surface area contributed by atoms with Crippen LogP contribution in [0.1, 0.15) is 25.7 Å². The Morgan fingerprint density at radius 1 is 0.893 bits per heavy atom. The van der Waals surface area contributed by atoms with E-state index in [-0.39, 0.29) is 36.6 Å². The van der Waals surface area contributed by atoms with Gasteiger partial charge < -0.3 is 20.0 Å². The molecule has 3 aliphatic rings. The number of likely N-dealkylation sites (N-methyl/N-ethyl adjacent to an activating group) is 2. The van der Waals surface area contributed by atoms with Crippen LogP contribution in [0.15, 0.2) is 0 Å². The maximum atomic E-state index is 12.9. The van der Waals surface area contributed by atoms with Crippen molar-refractivity contribution in [2.75, 3.05) is 73.0 Å². The number of hydrogen-bond donors (Lipinski definition) is 1. The first kappa shape index (κ1) is 25.4. The number of carbonyl (C=O) groups is 2. The summed E-state index contributed by atoms with van der Waals surface area (Å²) in [7, 11) is 3.94. The lowest BCUT2D eigenvalue weighted by Gasteiger charge is -2.43. The number of rotatable bonds is 4. The van der Waals surface area contributed by atoms with Gasteiger partial charge in [0.05, 0.1) is 12.5 Å². The van der Waals surface area contributed by atoms with Crippen LogP contribution in [-0.4, -0.2) is 110 Å². The molecule has 3 heterocycles. The maximum absolute atomic E-state index is 12.9. The first-order chi connectivity index (χ1) is 12.6. The number of nitrogens with one attached hydrogen (secondary N) is 1. The van der Waals surface area contributed by atoms with E-state index >= 15 is 0 Å². The maximum Gasteiger partial charge on any atom is 0.236 e. The van der Waals surface area contributed by atoms with Crippen LogP contribution in [-0.2, 0) is 9.59 Å². The minimum Gasteiger partial charge on any atom is -0.341 e. The number of carbonyl (C=O) groups excluding carboxylic acids is 2. The first-order valence-corrected chi connectivity index (χ1v) is 10.2. The van der Waals surface area contributed by atoms with E-state index in [1.807, 2.05) is 11.9 Å². The minimum absolute atomic E-state index is 0. The molecule has 0 spiro atoms. The Hall–Kier alpha value is -0.600. The normalized spacial score (nSPS) is 25.0. The summed E-state index contributed by atoms with van der Waals surface area (Å²) in [4.78, 5) is 33.8. The molecule has 0 radical (unpaired) electrons. The van der Waals surface area contributed by atoms with Gasteiger partial charge in [-0.15, -0.1) is 24.8 Å². The number of likely N-dealkylation sites (tertiary alicyclic amines) is 2. The van der Waals surface area contributed by atoms with E-state index in [1.54, 1.807) is 0 Å². The summed E-state index contributed by atoms with van der Waals surface area (Å²) in [5, 5.41) is 2.94. The molecule has 28 heavy (non-hydrogen) atoms. The third-order valence-electron chi connectivity index (χ3n) is 6.28. The van der Waals surface area contributed by atoms with Crippen LogP contribution in [0.3, 0.4) is 0 Å². The van der Waals surface area contributed by atoms with Crippen LogP contribution in [0, 0.1) is 5.92 Å². The van der Waals surface area contributed by atoms with Gasteiger partial charge in [0.2, 0.25) is 11.8 Å². The molecule has 0 saturated carbocycles. The van der Waals surface area contributed by atoms with Gasteiger partial charge in [-0.1, -0.05) is 0 Å². The molecule has 3 rings (SSSR count). The molecule has 3 saturated heterocycles. The van der Waals surface area contributed by atoms with Crippen molar-refractivity contribution in [3.8, 4) is 0 Å². The molecule has 0 aliphatic carbocycles. The molecule has 3 aliphatic heterocycles. The molecule has 1 unspecified atom stereocenters. The topological polar surface area (TPSA) is 59.1 Å². The molecule has 7 nitrogen and oxygen atoms in total. The Bertz CT molecular complexity index is 495. The van der Waals surface area contributed by atoms with Crippen LogP contribution in [0.25, 0.3) is 0 Å². The van der Waals surface area contributed by atoms with Gasteiger partial charge in [0.1, 0.15) is 0 Å². The second kappa shape index (κ2) is 12.2. The van der Waals surface area contributed by atoms with Crippen molar-refractivity contribution in [3.63, 3.8) is 0 Å². The van der Waals surface area contributed by atoms with E-state index in [1.165, 1.54) is 0 Å². The van der Waals surface area contributed by atoms with Crippen molar-refractivity contribution < 1.29 is 9.59 Å². The summed E-state index contributed by atoms with van der Waals surface area (Å²) < 4.78 is 0. The van der Waals surface area contributed by atoms with Gasteiger partial charge in [0.25, 0.3) is 0 Å². The van der Waals surface area contributed by atoms with Crippen LogP contribution in [0.2, 0.25) is 0 Å². The van der Waals surface area contributed by atoms with Crippen LogP contribution >= 0.6 is 24.8 Å². The van der Waals surface area contributed by atoms with Gasteiger partial charge in [0, 0.05) is 51.9 Å². The average Bonchev–Trinajstić information content (AvgIpc) is 2.68. The molecule has 164 valence electrons. The highest BCUT2D eigenvalue weighted by Gasteiger charge is 2.34. The molecule has 0 aromatic heterocycles. The van der Waals surface area contributed by atoms with Crippen molar-refractivity contribution in [1.29, 1.82) is 0 Å². The molecule has 0 aromatic carbocycles. The molecule has 3 fully saturated rings. The zero-order valence-electron chi connectivity index (χ0n) is 17.3. The summed E-state index contributed by atoms with van der Waals surface area (Å²) in [5.41, 5.74) is 0. The zero-order chi connectivity index (χ0) is 18.5. The van der Waals surface area contributed by atoms with E-state index in [0.29, 0.717) is 18.5 Å². The average molecular weight is 438 g/mol. The van der Waals surface area contributed by atoms with Crippen LogP contribution in [0.4, 0.5) is 0 Å². The summed E-state index contributed by atoms with van der Waals surface area (Å²) in [6.07, 6.45) is 4.21. The van der Waals surface area contributed by atoms with Crippen molar-refractivity contribution in [3.05, 3.63) is 0 Å². The number of halogens is 2. The molecule has 1 N–H and O–H groups in total. The highest BCUT2D eigenvalue weighted by atomic mass is 35.5. The molecule has 0 aromatic rings. The molecular weight excluding hydrogens is 401 g/mol. The van der Waals surface area contributed by atoms with Crippen molar-refractivity contribution >= 4 is 36.6 Å². The smallest absolute Gasteiger partial charge is 0.236 e. The van der Waals surface area contributed by atoms with Crippen molar-refractivity contribution in [2.45, 2.75) is 31.7 Å². The third kappa shape index (κ3) is 6.46. The van der Waals surface area contributed by atoms with E-state index in [4.69, 9.17) is 0 Å². The Kier molecular flexibility index (Phi) is 11.1. The lowest BCUT2D eigenvalue weighted by molar-refractivity contribution is -0.139. The number of hydrogen-bond acceptors (Lipinski definition) is 5. The number of nitrogens with zero attached hydrogens (tertiary/aromatic N) is 4. The predicted octanol–water partition coefficient (Wildman–Crippen LogP) is 0.526.